The molecule has 144 valence electrons. The number of anilines is 1. The maximum absolute atomic E-state index is 12.6. The van der Waals surface area contributed by atoms with Gasteiger partial charge in [-0.1, -0.05) is 17.7 Å². The second-order valence-corrected chi connectivity index (χ2v) is 7.80. The van der Waals surface area contributed by atoms with Crippen molar-refractivity contribution in [1.29, 1.82) is 0 Å². The molecule has 27 heavy (non-hydrogen) atoms. The molecule has 6 heteroatoms. The summed E-state index contributed by atoms with van der Waals surface area (Å²) < 4.78 is 11.0. The van der Waals surface area contributed by atoms with Gasteiger partial charge in [0.1, 0.15) is 10.8 Å². The summed E-state index contributed by atoms with van der Waals surface area (Å²) in [5, 5.41) is 3.47. The molecule has 1 N–H and O–H groups in total. The summed E-state index contributed by atoms with van der Waals surface area (Å²) in [6.07, 6.45) is 3.28. The van der Waals surface area contributed by atoms with Gasteiger partial charge in [0.2, 0.25) is 0 Å². The van der Waals surface area contributed by atoms with Crippen LogP contribution in [0.25, 0.3) is 0 Å². The molecule has 1 amide bonds. The molecule has 0 bridgehead atoms. The third-order valence-corrected chi connectivity index (χ3v) is 5.80. The molecule has 0 fully saturated rings. The number of hydrogen-bond donors (Lipinski definition) is 1. The third kappa shape index (κ3) is 4.50. The number of nitrogens with one attached hydrogen (secondary N) is 1. The van der Waals surface area contributed by atoms with Crippen LogP contribution in [0, 0.1) is 6.92 Å². The summed E-state index contributed by atoms with van der Waals surface area (Å²) in [6.45, 7) is 5.79. The molecule has 5 nitrogen and oxygen atoms in total. The Morgan fingerprint density at radius 2 is 1.89 bits per heavy atom. The summed E-state index contributed by atoms with van der Waals surface area (Å²) >= 11 is 1.48. The summed E-state index contributed by atoms with van der Waals surface area (Å²) in [5.41, 5.74) is 2.68. The number of carbonyl (C=O) groups excluding carboxylic acids is 2. The monoisotopic (exact) mass is 387 g/mol. The average molecular weight is 388 g/mol. The summed E-state index contributed by atoms with van der Waals surface area (Å²) in [7, 11) is 0. The maximum atomic E-state index is 12.6. The molecule has 2 aromatic rings. The van der Waals surface area contributed by atoms with E-state index in [0.717, 1.165) is 36.8 Å². The Bertz CT molecular complexity index is 825. The molecule has 1 aromatic carbocycles. The van der Waals surface area contributed by atoms with E-state index in [4.69, 9.17) is 9.47 Å². The largest absolute Gasteiger partial charge is 0.481 e. The fourth-order valence-corrected chi connectivity index (χ4v) is 4.44. The molecular formula is C21H25NO4S. The summed E-state index contributed by atoms with van der Waals surface area (Å²) in [6, 6.07) is 7.55. The molecule has 0 saturated carbocycles. The van der Waals surface area contributed by atoms with E-state index in [1.807, 2.05) is 31.2 Å². The number of hydrogen-bond acceptors (Lipinski definition) is 5. The molecule has 0 saturated heterocycles. The zero-order chi connectivity index (χ0) is 19.4. The standard InChI is InChI=1S/C21H25NO4S/c1-4-25-21(24)18-16-7-5-6-8-17(16)27-20(18)22-19(23)14(3)26-15-11-9-13(2)10-12-15/h9-12,14H,4-8H2,1-3H3,(H,22,23)/t14-/m1/s1. The lowest BCUT2D eigenvalue weighted by atomic mass is 9.95. The second kappa shape index (κ2) is 8.57. The molecular weight excluding hydrogens is 362 g/mol. The van der Waals surface area contributed by atoms with Gasteiger partial charge in [-0.05, 0) is 64.2 Å². The number of benzene rings is 1. The van der Waals surface area contributed by atoms with Gasteiger partial charge in [0.05, 0.1) is 12.2 Å². The lowest BCUT2D eigenvalue weighted by molar-refractivity contribution is -0.122. The van der Waals surface area contributed by atoms with Crippen LogP contribution < -0.4 is 10.1 Å². The van der Waals surface area contributed by atoms with Gasteiger partial charge in [-0.2, -0.15) is 0 Å². The van der Waals surface area contributed by atoms with Crippen molar-refractivity contribution in [3.63, 3.8) is 0 Å². The Morgan fingerprint density at radius 3 is 2.59 bits per heavy atom. The Morgan fingerprint density at radius 1 is 1.19 bits per heavy atom. The van der Waals surface area contributed by atoms with Gasteiger partial charge in [-0.15, -0.1) is 11.3 Å². The van der Waals surface area contributed by atoms with E-state index >= 15 is 0 Å². The number of carbonyl (C=O) groups is 2. The lowest BCUT2D eigenvalue weighted by Gasteiger charge is -2.15. The molecule has 1 heterocycles. The Labute approximate surface area is 163 Å². The minimum atomic E-state index is -0.679. The number of esters is 1. The lowest BCUT2D eigenvalue weighted by Crippen LogP contribution is -2.30. The Balaban J connectivity index is 1.77. The molecule has 1 aliphatic carbocycles. The minimum Gasteiger partial charge on any atom is -0.481 e. The highest BCUT2D eigenvalue weighted by atomic mass is 32.1. The normalized spacial score (nSPS) is 14.2. The van der Waals surface area contributed by atoms with Crippen molar-refractivity contribution in [2.75, 3.05) is 11.9 Å². The van der Waals surface area contributed by atoms with Gasteiger partial charge in [0.15, 0.2) is 6.10 Å². The van der Waals surface area contributed by atoms with Crippen molar-refractivity contribution < 1.29 is 19.1 Å². The van der Waals surface area contributed by atoms with Crippen LogP contribution in [0.5, 0.6) is 5.75 Å². The van der Waals surface area contributed by atoms with E-state index in [2.05, 4.69) is 5.32 Å². The molecule has 0 spiro atoms. The molecule has 1 aliphatic rings. The Hall–Kier alpha value is -2.34. The second-order valence-electron chi connectivity index (χ2n) is 6.70. The average Bonchev–Trinajstić information content (AvgIpc) is 3.01. The van der Waals surface area contributed by atoms with Gasteiger partial charge < -0.3 is 14.8 Å². The molecule has 0 aliphatic heterocycles. The summed E-state index contributed by atoms with van der Waals surface area (Å²) in [5.74, 6) is -0.00151. The van der Waals surface area contributed by atoms with Crippen molar-refractivity contribution in [3.8, 4) is 5.75 Å². The number of aryl methyl sites for hydroxylation is 2. The molecule has 1 aromatic heterocycles. The van der Waals surface area contributed by atoms with Crippen molar-refractivity contribution >= 4 is 28.2 Å². The van der Waals surface area contributed by atoms with Gasteiger partial charge in [-0.25, -0.2) is 4.79 Å². The Kier molecular flexibility index (Phi) is 6.16. The SMILES string of the molecule is CCOC(=O)c1c(NC(=O)[C@@H](C)Oc2ccc(C)cc2)sc2c1CCCC2. The topological polar surface area (TPSA) is 64.6 Å². The van der Waals surface area contributed by atoms with Crippen LogP contribution in [0.15, 0.2) is 24.3 Å². The molecule has 1 atom stereocenters. The summed E-state index contributed by atoms with van der Waals surface area (Å²) in [4.78, 5) is 26.3. The minimum absolute atomic E-state index is 0.278. The van der Waals surface area contributed by atoms with E-state index in [1.54, 1.807) is 13.8 Å². The molecule has 0 unspecified atom stereocenters. The number of amides is 1. The van der Waals surface area contributed by atoms with Crippen LogP contribution in [0.4, 0.5) is 5.00 Å². The van der Waals surface area contributed by atoms with E-state index in [0.29, 0.717) is 22.9 Å². The third-order valence-electron chi connectivity index (χ3n) is 4.59. The van der Waals surface area contributed by atoms with Crippen molar-refractivity contribution in [2.45, 2.75) is 52.6 Å². The first kappa shape index (κ1) is 19.4. The van der Waals surface area contributed by atoms with E-state index in [9.17, 15) is 9.59 Å². The zero-order valence-corrected chi connectivity index (χ0v) is 16.8. The predicted molar refractivity (Wildman–Crippen MR) is 107 cm³/mol. The van der Waals surface area contributed by atoms with E-state index in [-0.39, 0.29) is 11.9 Å². The van der Waals surface area contributed by atoms with Crippen LogP contribution in [0.2, 0.25) is 0 Å². The van der Waals surface area contributed by atoms with Crippen LogP contribution >= 0.6 is 11.3 Å². The van der Waals surface area contributed by atoms with Gasteiger partial charge in [0, 0.05) is 4.88 Å². The first-order valence-electron chi connectivity index (χ1n) is 9.35. The van der Waals surface area contributed by atoms with Crippen LogP contribution in [-0.2, 0) is 22.4 Å². The van der Waals surface area contributed by atoms with Crippen LogP contribution in [0.1, 0.15) is 53.1 Å². The van der Waals surface area contributed by atoms with E-state index in [1.165, 1.54) is 16.2 Å². The van der Waals surface area contributed by atoms with Crippen LogP contribution in [0.3, 0.4) is 0 Å². The first-order chi connectivity index (χ1) is 13.0. The predicted octanol–water partition coefficient (Wildman–Crippen LogP) is 4.52. The van der Waals surface area contributed by atoms with Crippen LogP contribution in [-0.4, -0.2) is 24.6 Å². The highest BCUT2D eigenvalue weighted by Gasteiger charge is 2.28. The quantitative estimate of drug-likeness (QED) is 0.740. The first-order valence-corrected chi connectivity index (χ1v) is 10.2. The number of rotatable bonds is 6. The fourth-order valence-electron chi connectivity index (χ4n) is 3.16. The van der Waals surface area contributed by atoms with Crippen molar-refractivity contribution in [2.24, 2.45) is 0 Å². The smallest absolute Gasteiger partial charge is 0.341 e. The van der Waals surface area contributed by atoms with Gasteiger partial charge >= 0.3 is 5.97 Å². The zero-order valence-electron chi connectivity index (χ0n) is 16.0. The van der Waals surface area contributed by atoms with Gasteiger partial charge in [-0.3, -0.25) is 4.79 Å². The number of thiophene rings is 1. The highest BCUT2D eigenvalue weighted by Crippen LogP contribution is 2.38. The number of ether oxygens (including phenoxy) is 2. The van der Waals surface area contributed by atoms with Crippen molar-refractivity contribution in [1.82, 2.24) is 0 Å². The molecule has 3 rings (SSSR count). The van der Waals surface area contributed by atoms with E-state index < -0.39 is 6.10 Å². The van der Waals surface area contributed by atoms with Gasteiger partial charge in [0.25, 0.3) is 5.91 Å². The highest BCUT2D eigenvalue weighted by molar-refractivity contribution is 7.17. The maximum Gasteiger partial charge on any atom is 0.341 e. The fraction of sp³-hybridized carbons (Fsp3) is 0.429. The molecule has 0 radical (unpaired) electrons. The number of fused-ring (bicyclic) bond motifs is 1. The van der Waals surface area contributed by atoms with Crippen molar-refractivity contribution in [3.05, 3.63) is 45.8 Å².